The lowest BCUT2D eigenvalue weighted by molar-refractivity contribution is -0.128. The highest BCUT2D eigenvalue weighted by Gasteiger charge is 2.27. The quantitative estimate of drug-likeness (QED) is 0.719. The van der Waals surface area contributed by atoms with Gasteiger partial charge in [0.25, 0.3) is 0 Å². The van der Waals surface area contributed by atoms with Crippen LogP contribution in [0.5, 0.6) is 0 Å². The van der Waals surface area contributed by atoms with E-state index in [0.29, 0.717) is 0 Å². The fraction of sp³-hybridized carbons (Fsp3) is 0.462. The summed E-state index contributed by atoms with van der Waals surface area (Å²) >= 11 is 0. The summed E-state index contributed by atoms with van der Waals surface area (Å²) in [5, 5.41) is 6.15. The van der Waals surface area contributed by atoms with Gasteiger partial charge in [-0.2, -0.15) is 0 Å². The number of nitrogens with one attached hydrogen (secondary N) is 2. The van der Waals surface area contributed by atoms with Crippen LogP contribution in [0.15, 0.2) is 54.6 Å². The van der Waals surface area contributed by atoms with Crippen LogP contribution in [-0.2, 0) is 16.1 Å². The first-order chi connectivity index (χ1) is 14.7. The first-order valence-electron chi connectivity index (χ1n) is 11.2. The van der Waals surface area contributed by atoms with Gasteiger partial charge in [-0.05, 0) is 76.9 Å². The third kappa shape index (κ3) is 6.93. The molecule has 5 heteroatoms. The van der Waals surface area contributed by atoms with E-state index in [0.717, 1.165) is 43.7 Å². The van der Waals surface area contributed by atoms with Crippen LogP contribution in [0.3, 0.4) is 0 Å². The lowest BCUT2D eigenvalue weighted by Crippen LogP contribution is -2.46. The zero-order valence-corrected chi connectivity index (χ0v) is 19.2. The van der Waals surface area contributed by atoms with Crippen molar-refractivity contribution in [1.29, 1.82) is 0 Å². The molecule has 0 aromatic heterocycles. The van der Waals surface area contributed by atoms with E-state index in [9.17, 15) is 9.59 Å². The highest BCUT2D eigenvalue weighted by Crippen LogP contribution is 2.22. The van der Waals surface area contributed by atoms with Gasteiger partial charge >= 0.3 is 0 Å². The molecule has 1 fully saturated rings. The van der Waals surface area contributed by atoms with Crippen LogP contribution >= 0.6 is 0 Å². The number of hydrogen-bond donors (Lipinski definition) is 2. The third-order valence-electron chi connectivity index (χ3n) is 5.75. The van der Waals surface area contributed by atoms with Crippen molar-refractivity contribution in [1.82, 2.24) is 10.2 Å². The lowest BCUT2D eigenvalue weighted by atomic mass is 9.94. The second-order valence-electron chi connectivity index (χ2n) is 9.61. The molecule has 166 valence electrons. The summed E-state index contributed by atoms with van der Waals surface area (Å²) in [5.41, 5.74) is 2.82. The number of hydrogen-bond acceptors (Lipinski definition) is 3. The molecule has 31 heavy (non-hydrogen) atoms. The predicted molar refractivity (Wildman–Crippen MR) is 126 cm³/mol. The topological polar surface area (TPSA) is 61.4 Å². The molecule has 2 amide bonds. The summed E-state index contributed by atoms with van der Waals surface area (Å²) in [6.45, 7) is 10.6. The standard InChI is InChI=1S/C26H35N3O2/c1-19(21-10-6-5-7-11-21)24(30)27-23-12-8-9-20(17-23)18-29-15-13-22(14-16-29)25(31)28-26(2,3)4/h5-12,17,19,22H,13-16,18H2,1-4H3,(H,27,30)(H,28,31). The Hall–Kier alpha value is -2.66. The largest absolute Gasteiger partial charge is 0.351 e. The first kappa shape index (κ1) is 23.0. The van der Waals surface area contributed by atoms with Crippen molar-refractivity contribution >= 4 is 17.5 Å². The van der Waals surface area contributed by atoms with Crippen molar-refractivity contribution in [3.63, 3.8) is 0 Å². The molecule has 2 N–H and O–H groups in total. The van der Waals surface area contributed by atoms with E-state index in [-0.39, 0.29) is 29.2 Å². The van der Waals surface area contributed by atoms with Crippen LogP contribution in [-0.4, -0.2) is 35.3 Å². The molecule has 0 bridgehead atoms. The van der Waals surface area contributed by atoms with E-state index in [1.807, 2.05) is 76.2 Å². The van der Waals surface area contributed by atoms with E-state index < -0.39 is 0 Å². The molecule has 0 radical (unpaired) electrons. The normalized spacial score (nSPS) is 16.5. The van der Waals surface area contributed by atoms with Gasteiger partial charge in [-0.25, -0.2) is 0 Å². The molecule has 0 aliphatic carbocycles. The molecular weight excluding hydrogens is 386 g/mol. The highest BCUT2D eigenvalue weighted by molar-refractivity contribution is 5.95. The number of benzene rings is 2. The Balaban J connectivity index is 1.52. The predicted octanol–water partition coefficient (Wildman–Crippen LogP) is 4.56. The Morgan fingerprint density at radius 2 is 1.71 bits per heavy atom. The molecule has 1 aliphatic heterocycles. The van der Waals surface area contributed by atoms with Gasteiger partial charge in [0.05, 0.1) is 5.92 Å². The minimum atomic E-state index is -0.205. The molecule has 1 unspecified atom stereocenters. The van der Waals surface area contributed by atoms with Crippen LogP contribution < -0.4 is 10.6 Å². The van der Waals surface area contributed by atoms with Gasteiger partial charge in [0, 0.05) is 23.7 Å². The molecule has 0 spiro atoms. The molecule has 2 aromatic rings. The van der Waals surface area contributed by atoms with Gasteiger partial charge in [0.2, 0.25) is 11.8 Å². The van der Waals surface area contributed by atoms with Crippen molar-refractivity contribution in [3.05, 3.63) is 65.7 Å². The smallest absolute Gasteiger partial charge is 0.231 e. The van der Waals surface area contributed by atoms with Crippen molar-refractivity contribution in [2.45, 2.75) is 58.5 Å². The van der Waals surface area contributed by atoms with Gasteiger partial charge < -0.3 is 10.6 Å². The fourth-order valence-electron chi connectivity index (χ4n) is 3.97. The summed E-state index contributed by atoms with van der Waals surface area (Å²) in [6, 6.07) is 17.9. The molecular formula is C26H35N3O2. The van der Waals surface area contributed by atoms with Crippen molar-refractivity contribution in [3.8, 4) is 0 Å². The van der Waals surface area contributed by atoms with Crippen LogP contribution in [0.2, 0.25) is 0 Å². The van der Waals surface area contributed by atoms with Crippen LogP contribution in [0.1, 0.15) is 57.6 Å². The molecule has 5 nitrogen and oxygen atoms in total. The second kappa shape index (κ2) is 10.1. The summed E-state index contributed by atoms with van der Waals surface area (Å²) in [6.07, 6.45) is 1.76. The van der Waals surface area contributed by atoms with Gasteiger partial charge in [-0.15, -0.1) is 0 Å². The first-order valence-corrected chi connectivity index (χ1v) is 11.2. The number of anilines is 1. The zero-order chi connectivity index (χ0) is 22.4. The van der Waals surface area contributed by atoms with E-state index in [4.69, 9.17) is 0 Å². The monoisotopic (exact) mass is 421 g/mol. The van der Waals surface area contributed by atoms with Crippen molar-refractivity contribution < 1.29 is 9.59 Å². The average Bonchev–Trinajstić information content (AvgIpc) is 2.73. The number of rotatable bonds is 6. The number of nitrogens with zero attached hydrogens (tertiary/aromatic N) is 1. The lowest BCUT2D eigenvalue weighted by Gasteiger charge is -2.33. The highest BCUT2D eigenvalue weighted by atomic mass is 16.2. The van der Waals surface area contributed by atoms with E-state index in [1.54, 1.807) is 0 Å². The van der Waals surface area contributed by atoms with Crippen LogP contribution in [0.25, 0.3) is 0 Å². The van der Waals surface area contributed by atoms with Crippen LogP contribution in [0, 0.1) is 5.92 Å². The summed E-state index contributed by atoms with van der Waals surface area (Å²) < 4.78 is 0. The number of carbonyl (C=O) groups is 2. The van der Waals surface area contributed by atoms with Crippen molar-refractivity contribution in [2.75, 3.05) is 18.4 Å². The number of likely N-dealkylation sites (tertiary alicyclic amines) is 1. The number of amides is 2. The summed E-state index contributed by atoms with van der Waals surface area (Å²) in [7, 11) is 0. The Morgan fingerprint density at radius 3 is 2.35 bits per heavy atom. The Bertz CT molecular complexity index is 881. The van der Waals surface area contributed by atoms with Gasteiger partial charge in [0.1, 0.15) is 0 Å². The maximum absolute atomic E-state index is 12.7. The Kier molecular flexibility index (Phi) is 7.50. The zero-order valence-electron chi connectivity index (χ0n) is 19.2. The van der Waals surface area contributed by atoms with Gasteiger partial charge in [-0.1, -0.05) is 42.5 Å². The minimum absolute atomic E-state index is 0.00553. The van der Waals surface area contributed by atoms with E-state index in [1.165, 1.54) is 5.56 Å². The second-order valence-corrected chi connectivity index (χ2v) is 9.61. The maximum atomic E-state index is 12.7. The molecule has 2 aromatic carbocycles. The summed E-state index contributed by atoms with van der Waals surface area (Å²) in [4.78, 5) is 27.5. The molecule has 1 atom stereocenters. The SMILES string of the molecule is CC(C(=O)Nc1cccc(CN2CCC(C(=O)NC(C)(C)C)CC2)c1)c1ccccc1. The summed E-state index contributed by atoms with van der Waals surface area (Å²) in [5.74, 6) is 0.0575. The van der Waals surface area contributed by atoms with E-state index in [2.05, 4.69) is 21.6 Å². The Morgan fingerprint density at radius 1 is 1.03 bits per heavy atom. The molecule has 1 saturated heterocycles. The van der Waals surface area contributed by atoms with Crippen molar-refractivity contribution in [2.24, 2.45) is 5.92 Å². The minimum Gasteiger partial charge on any atom is -0.351 e. The number of piperidine rings is 1. The molecule has 1 aliphatic rings. The van der Waals surface area contributed by atoms with E-state index >= 15 is 0 Å². The average molecular weight is 422 g/mol. The van der Waals surface area contributed by atoms with Crippen LogP contribution in [0.4, 0.5) is 5.69 Å². The molecule has 0 saturated carbocycles. The third-order valence-corrected chi connectivity index (χ3v) is 5.75. The maximum Gasteiger partial charge on any atom is 0.231 e. The van der Waals surface area contributed by atoms with Gasteiger partial charge in [-0.3, -0.25) is 14.5 Å². The number of carbonyl (C=O) groups excluding carboxylic acids is 2. The molecule has 1 heterocycles. The molecule has 3 rings (SSSR count). The Labute approximate surface area is 186 Å². The van der Waals surface area contributed by atoms with Gasteiger partial charge in [0.15, 0.2) is 0 Å². The fourth-order valence-corrected chi connectivity index (χ4v) is 3.97.